The summed E-state index contributed by atoms with van der Waals surface area (Å²) in [5.74, 6) is -0.631. The van der Waals surface area contributed by atoms with Crippen LogP contribution < -0.4 is 0 Å². The zero-order valence-electron chi connectivity index (χ0n) is 6.47. The number of hydrogen-bond donors (Lipinski definition) is 0. The van der Waals surface area contributed by atoms with Gasteiger partial charge in [0.25, 0.3) is 0 Å². The fourth-order valence-corrected chi connectivity index (χ4v) is 1.23. The highest BCUT2D eigenvalue weighted by Gasteiger charge is 2.28. The first-order valence-electron chi connectivity index (χ1n) is 3.82. The summed E-state index contributed by atoms with van der Waals surface area (Å²) in [6.07, 6.45) is 1.34. The van der Waals surface area contributed by atoms with Crippen LogP contribution in [0.5, 0.6) is 0 Å². The minimum absolute atomic E-state index is 0.361. The van der Waals surface area contributed by atoms with Crippen molar-refractivity contribution in [3.63, 3.8) is 0 Å². The molecule has 64 valence electrons. The van der Waals surface area contributed by atoms with Crippen molar-refractivity contribution in [2.24, 2.45) is 5.92 Å². The van der Waals surface area contributed by atoms with Crippen LogP contribution in [0.15, 0.2) is 12.2 Å². The van der Waals surface area contributed by atoms with Gasteiger partial charge in [0.1, 0.15) is 0 Å². The molecule has 1 unspecified atom stereocenters. The third kappa shape index (κ3) is 1.99. The van der Waals surface area contributed by atoms with Gasteiger partial charge in [-0.1, -0.05) is 19.1 Å². The summed E-state index contributed by atoms with van der Waals surface area (Å²) in [5, 5.41) is 0. The van der Waals surface area contributed by atoms with Crippen molar-refractivity contribution >= 4 is 0 Å². The van der Waals surface area contributed by atoms with Gasteiger partial charge in [0, 0.05) is 5.92 Å². The number of ether oxygens (including phenoxy) is 1. The lowest BCUT2D eigenvalue weighted by Crippen LogP contribution is -2.25. The Hall–Kier alpha value is -0.440. The third-order valence-electron chi connectivity index (χ3n) is 1.93. The summed E-state index contributed by atoms with van der Waals surface area (Å²) in [4.78, 5) is 0. The highest BCUT2D eigenvalue weighted by molar-refractivity contribution is 4.98. The summed E-state index contributed by atoms with van der Waals surface area (Å²) in [5.41, 5.74) is 0. The number of rotatable bonds is 3. The van der Waals surface area contributed by atoms with E-state index in [0.717, 1.165) is 0 Å². The van der Waals surface area contributed by atoms with Crippen LogP contribution >= 0.6 is 0 Å². The largest absolute Gasteiger partial charge is 0.370 e. The molecule has 1 heterocycles. The van der Waals surface area contributed by atoms with Gasteiger partial charge < -0.3 is 4.74 Å². The Bertz CT molecular complexity index is 145. The number of alkyl halides is 2. The quantitative estimate of drug-likeness (QED) is 0.578. The van der Waals surface area contributed by atoms with E-state index in [9.17, 15) is 8.78 Å². The van der Waals surface area contributed by atoms with E-state index in [1.807, 2.05) is 0 Å². The van der Waals surface area contributed by atoms with Crippen molar-refractivity contribution in [2.45, 2.75) is 25.9 Å². The molecule has 0 aromatic carbocycles. The Morgan fingerprint density at radius 2 is 2.36 bits per heavy atom. The van der Waals surface area contributed by atoms with Crippen molar-refractivity contribution < 1.29 is 13.5 Å². The van der Waals surface area contributed by atoms with E-state index >= 15 is 0 Å². The van der Waals surface area contributed by atoms with E-state index in [2.05, 4.69) is 0 Å². The molecule has 0 amide bonds. The van der Waals surface area contributed by atoms with Gasteiger partial charge in [0.2, 0.25) is 6.43 Å². The molecule has 0 saturated heterocycles. The molecule has 0 aromatic rings. The molecule has 2 atom stereocenters. The maximum atomic E-state index is 12.2. The fraction of sp³-hybridized carbons (Fsp3) is 0.750. The zero-order chi connectivity index (χ0) is 8.27. The van der Waals surface area contributed by atoms with Crippen molar-refractivity contribution in [1.29, 1.82) is 0 Å². The smallest absolute Gasteiger partial charge is 0.244 e. The molecule has 0 radical (unpaired) electrons. The normalized spacial score (nSPS) is 26.4. The number of hydrogen-bond acceptors (Lipinski definition) is 1. The summed E-state index contributed by atoms with van der Waals surface area (Å²) < 4.78 is 29.6. The topological polar surface area (TPSA) is 9.23 Å². The van der Waals surface area contributed by atoms with Gasteiger partial charge >= 0.3 is 0 Å². The fourth-order valence-electron chi connectivity index (χ4n) is 1.23. The maximum absolute atomic E-state index is 12.2. The second-order valence-corrected chi connectivity index (χ2v) is 2.63. The van der Waals surface area contributed by atoms with Crippen molar-refractivity contribution in [3.8, 4) is 0 Å². The van der Waals surface area contributed by atoms with Crippen LogP contribution in [-0.4, -0.2) is 19.1 Å². The molecule has 1 nitrogen and oxygen atoms in total. The van der Waals surface area contributed by atoms with Gasteiger partial charge in [-0.05, 0) is 6.42 Å². The van der Waals surface area contributed by atoms with Crippen molar-refractivity contribution in [2.75, 3.05) is 6.61 Å². The molecular formula is C8H12F2O. The van der Waals surface area contributed by atoms with Crippen LogP contribution in [0, 0.1) is 5.92 Å². The monoisotopic (exact) mass is 162 g/mol. The van der Waals surface area contributed by atoms with Crippen molar-refractivity contribution in [1.82, 2.24) is 0 Å². The van der Waals surface area contributed by atoms with Crippen LogP contribution in [0.1, 0.15) is 13.3 Å². The lowest BCUT2D eigenvalue weighted by atomic mass is 10.0. The summed E-state index contributed by atoms with van der Waals surface area (Å²) in [7, 11) is 0. The zero-order valence-corrected chi connectivity index (χ0v) is 6.47. The van der Waals surface area contributed by atoms with Crippen LogP contribution in [-0.2, 0) is 4.74 Å². The minimum Gasteiger partial charge on any atom is -0.370 e. The third-order valence-corrected chi connectivity index (χ3v) is 1.93. The molecule has 0 saturated carbocycles. The van der Waals surface area contributed by atoms with E-state index in [-0.39, 0.29) is 6.10 Å². The standard InChI is InChI=1S/C8H12F2O/c1-2-6(8(9)10)7-4-3-5-11-7/h3-4,6-8H,2,5H2,1H3/t6?,7-/m0/s1. The van der Waals surface area contributed by atoms with Gasteiger partial charge in [-0.2, -0.15) is 0 Å². The summed E-state index contributed by atoms with van der Waals surface area (Å²) >= 11 is 0. The first kappa shape index (κ1) is 8.65. The molecule has 0 aliphatic carbocycles. The van der Waals surface area contributed by atoms with Gasteiger partial charge in [-0.3, -0.25) is 0 Å². The van der Waals surface area contributed by atoms with Gasteiger partial charge in [-0.15, -0.1) is 0 Å². The Balaban J connectivity index is 2.47. The predicted octanol–water partition coefficient (Wildman–Crippen LogP) is 2.23. The Kier molecular flexibility index (Phi) is 3.00. The molecule has 1 rings (SSSR count). The van der Waals surface area contributed by atoms with Crippen LogP contribution in [0.3, 0.4) is 0 Å². The van der Waals surface area contributed by atoms with Crippen LogP contribution in [0.4, 0.5) is 8.78 Å². The van der Waals surface area contributed by atoms with E-state index in [1.54, 1.807) is 19.1 Å². The molecule has 3 heteroatoms. The molecule has 0 bridgehead atoms. The first-order valence-corrected chi connectivity index (χ1v) is 3.82. The Morgan fingerprint density at radius 1 is 1.64 bits per heavy atom. The van der Waals surface area contributed by atoms with Gasteiger partial charge in [0.05, 0.1) is 12.7 Å². The SMILES string of the molecule is CCC(C(F)F)[C@@H]1C=CCO1. The average Bonchev–Trinajstić information content (AvgIpc) is 2.40. The maximum Gasteiger partial charge on any atom is 0.244 e. The van der Waals surface area contributed by atoms with E-state index in [1.165, 1.54) is 0 Å². The molecule has 0 spiro atoms. The minimum atomic E-state index is -2.27. The highest BCUT2D eigenvalue weighted by atomic mass is 19.3. The Morgan fingerprint density at radius 3 is 2.73 bits per heavy atom. The van der Waals surface area contributed by atoms with Crippen LogP contribution in [0.2, 0.25) is 0 Å². The second kappa shape index (κ2) is 3.81. The second-order valence-electron chi connectivity index (χ2n) is 2.63. The van der Waals surface area contributed by atoms with E-state index in [4.69, 9.17) is 4.74 Å². The molecule has 0 aromatic heterocycles. The molecular weight excluding hydrogens is 150 g/mol. The molecule has 1 aliphatic heterocycles. The molecule has 0 N–H and O–H groups in total. The van der Waals surface area contributed by atoms with Gasteiger partial charge in [-0.25, -0.2) is 8.78 Å². The summed E-state index contributed by atoms with van der Waals surface area (Å²) in [6.45, 7) is 2.24. The predicted molar refractivity (Wildman–Crippen MR) is 38.7 cm³/mol. The molecule has 11 heavy (non-hydrogen) atoms. The van der Waals surface area contributed by atoms with Gasteiger partial charge in [0.15, 0.2) is 0 Å². The number of halogens is 2. The van der Waals surface area contributed by atoms with Crippen molar-refractivity contribution in [3.05, 3.63) is 12.2 Å². The Labute approximate surface area is 65.0 Å². The lowest BCUT2D eigenvalue weighted by molar-refractivity contribution is -0.0117. The highest BCUT2D eigenvalue weighted by Crippen LogP contribution is 2.23. The van der Waals surface area contributed by atoms with E-state index < -0.39 is 12.3 Å². The van der Waals surface area contributed by atoms with Crippen LogP contribution in [0.25, 0.3) is 0 Å². The summed E-state index contributed by atoms with van der Waals surface area (Å²) in [6, 6.07) is 0. The van der Waals surface area contributed by atoms with E-state index in [0.29, 0.717) is 13.0 Å². The first-order chi connectivity index (χ1) is 5.25. The average molecular weight is 162 g/mol. The molecule has 1 aliphatic rings. The lowest BCUT2D eigenvalue weighted by Gasteiger charge is -2.19. The molecule has 0 fully saturated rings.